The van der Waals surface area contributed by atoms with E-state index in [0.29, 0.717) is 19.1 Å². The van der Waals surface area contributed by atoms with Gasteiger partial charge in [0.15, 0.2) is 0 Å². The van der Waals surface area contributed by atoms with Gasteiger partial charge < -0.3 is 9.64 Å². The fraction of sp³-hybridized carbons (Fsp3) is 0.471. The lowest BCUT2D eigenvalue weighted by Gasteiger charge is -2.21. The number of likely N-dealkylation sites (N-methyl/N-ethyl adjacent to an activating group) is 1. The maximum atomic E-state index is 11.6. The van der Waals surface area contributed by atoms with Crippen molar-refractivity contribution < 1.29 is 9.53 Å². The van der Waals surface area contributed by atoms with Crippen molar-refractivity contribution in [3.63, 3.8) is 0 Å². The van der Waals surface area contributed by atoms with Gasteiger partial charge in [-0.1, -0.05) is 45.5 Å². The highest BCUT2D eigenvalue weighted by atomic mass is 16.5. The van der Waals surface area contributed by atoms with Crippen LogP contribution in [0.4, 0.5) is 0 Å². The van der Waals surface area contributed by atoms with Crippen LogP contribution >= 0.6 is 0 Å². The fourth-order valence-corrected chi connectivity index (χ4v) is 2.05. The van der Waals surface area contributed by atoms with E-state index in [2.05, 4.69) is 33.4 Å². The highest BCUT2D eigenvalue weighted by Gasteiger charge is 2.15. The normalized spacial score (nSPS) is 10.4. The first-order valence-electron chi connectivity index (χ1n) is 7.13. The molecule has 0 saturated heterocycles. The molecule has 1 rings (SSSR count). The van der Waals surface area contributed by atoms with Crippen molar-refractivity contribution >= 4 is 5.91 Å². The molecule has 1 amide bonds. The van der Waals surface area contributed by atoms with Gasteiger partial charge in [-0.25, -0.2) is 0 Å². The van der Waals surface area contributed by atoms with E-state index in [1.54, 1.807) is 11.9 Å². The lowest BCUT2D eigenvalue weighted by atomic mass is 9.98. The average molecular weight is 275 g/mol. The molecule has 110 valence electrons. The van der Waals surface area contributed by atoms with Crippen molar-refractivity contribution in [3.8, 4) is 5.75 Å². The molecule has 0 aromatic heterocycles. The van der Waals surface area contributed by atoms with Crippen molar-refractivity contribution in [3.05, 3.63) is 42.0 Å². The first kappa shape index (κ1) is 16.3. The van der Waals surface area contributed by atoms with Crippen LogP contribution in [-0.2, 0) is 11.3 Å². The molecule has 0 aliphatic rings. The summed E-state index contributed by atoms with van der Waals surface area (Å²) in [7, 11) is 1.77. The molecular formula is C17H25NO2. The lowest BCUT2D eigenvalue weighted by molar-refractivity contribution is -0.125. The van der Waals surface area contributed by atoms with Crippen molar-refractivity contribution in [1.82, 2.24) is 4.90 Å². The predicted molar refractivity (Wildman–Crippen MR) is 83.0 cm³/mol. The zero-order valence-corrected chi connectivity index (χ0v) is 13.0. The van der Waals surface area contributed by atoms with E-state index in [4.69, 9.17) is 4.74 Å². The van der Waals surface area contributed by atoms with Crippen molar-refractivity contribution in [2.24, 2.45) is 0 Å². The van der Waals surface area contributed by atoms with Gasteiger partial charge in [0.2, 0.25) is 5.91 Å². The Morgan fingerprint density at radius 2 is 2.15 bits per heavy atom. The van der Waals surface area contributed by atoms with E-state index < -0.39 is 0 Å². The lowest BCUT2D eigenvalue weighted by Crippen LogP contribution is -2.24. The second kappa shape index (κ2) is 7.73. The van der Waals surface area contributed by atoms with E-state index >= 15 is 0 Å². The number of nitrogens with zero attached hydrogens (tertiary/aromatic N) is 1. The molecule has 1 aromatic rings. The van der Waals surface area contributed by atoms with Gasteiger partial charge in [0.1, 0.15) is 5.75 Å². The molecule has 0 heterocycles. The summed E-state index contributed by atoms with van der Waals surface area (Å²) in [4.78, 5) is 13.3. The average Bonchev–Trinajstić information content (AvgIpc) is 2.44. The zero-order chi connectivity index (χ0) is 15.1. The summed E-state index contributed by atoms with van der Waals surface area (Å²) in [6.07, 6.45) is 2.30. The number of carbonyl (C=O) groups is 1. The Bertz CT molecular complexity index is 466. The molecule has 0 unspecified atom stereocenters. The topological polar surface area (TPSA) is 29.5 Å². The summed E-state index contributed by atoms with van der Waals surface area (Å²) in [6.45, 7) is 11.1. The molecule has 3 nitrogen and oxygen atoms in total. The Hall–Kier alpha value is -1.77. The molecular weight excluding hydrogens is 250 g/mol. The van der Waals surface area contributed by atoms with Crippen LogP contribution in [0.25, 0.3) is 0 Å². The Balaban J connectivity index is 3.07. The number of ether oxygens (including phenoxy) is 1. The number of rotatable bonds is 7. The molecule has 3 heteroatoms. The van der Waals surface area contributed by atoms with Gasteiger partial charge in [0.05, 0.1) is 6.61 Å². The predicted octanol–water partition coefficient (Wildman–Crippen LogP) is 3.74. The number of hydrogen-bond acceptors (Lipinski definition) is 2. The third-order valence-electron chi connectivity index (χ3n) is 3.16. The molecule has 0 spiro atoms. The van der Waals surface area contributed by atoms with Crippen molar-refractivity contribution in [2.45, 2.75) is 39.7 Å². The van der Waals surface area contributed by atoms with Gasteiger partial charge >= 0.3 is 0 Å². The monoisotopic (exact) mass is 275 g/mol. The summed E-state index contributed by atoms with van der Waals surface area (Å²) in [5.74, 6) is 1.23. The van der Waals surface area contributed by atoms with Gasteiger partial charge in [-0.05, 0) is 24.0 Å². The number of benzene rings is 1. The van der Waals surface area contributed by atoms with Crippen LogP contribution in [0.3, 0.4) is 0 Å². The van der Waals surface area contributed by atoms with Crippen LogP contribution in [0.5, 0.6) is 5.75 Å². The highest BCUT2D eigenvalue weighted by Crippen LogP contribution is 2.31. The van der Waals surface area contributed by atoms with E-state index in [9.17, 15) is 4.79 Å². The van der Waals surface area contributed by atoms with Gasteiger partial charge in [-0.15, -0.1) is 0 Å². The summed E-state index contributed by atoms with van der Waals surface area (Å²) in [5, 5.41) is 0. The third-order valence-corrected chi connectivity index (χ3v) is 3.16. The fourth-order valence-electron chi connectivity index (χ4n) is 2.05. The molecule has 0 fully saturated rings. The van der Waals surface area contributed by atoms with Crippen molar-refractivity contribution in [2.75, 3.05) is 13.7 Å². The van der Waals surface area contributed by atoms with Crippen LogP contribution in [0.1, 0.15) is 44.2 Å². The smallest absolute Gasteiger partial charge is 0.245 e. The minimum Gasteiger partial charge on any atom is -0.493 e. The molecule has 0 atom stereocenters. The molecule has 20 heavy (non-hydrogen) atoms. The molecule has 0 bridgehead atoms. The van der Waals surface area contributed by atoms with Crippen LogP contribution in [0.2, 0.25) is 0 Å². The maximum Gasteiger partial charge on any atom is 0.245 e. The Labute approximate surface area is 122 Å². The van der Waals surface area contributed by atoms with Crippen LogP contribution < -0.4 is 4.74 Å². The maximum absolute atomic E-state index is 11.6. The van der Waals surface area contributed by atoms with Crippen LogP contribution in [0, 0.1) is 0 Å². The summed E-state index contributed by atoms with van der Waals surface area (Å²) in [5.41, 5.74) is 2.23. The minimum atomic E-state index is -0.0820. The summed E-state index contributed by atoms with van der Waals surface area (Å²) in [6, 6.07) is 6.13. The quantitative estimate of drug-likeness (QED) is 0.709. The first-order chi connectivity index (χ1) is 9.51. The number of para-hydroxylation sites is 1. The Morgan fingerprint density at radius 1 is 1.45 bits per heavy atom. The van der Waals surface area contributed by atoms with Gasteiger partial charge in [0, 0.05) is 19.2 Å². The second-order valence-electron chi connectivity index (χ2n) is 5.24. The Morgan fingerprint density at radius 3 is 2.70 bits per heavy atom. The van der Waals surface area contributed by atoms with Crippen LogP contribution in [-0.4, -0.2) is 24.5 Å². The van der Waals surface area contributed by atoms with E-state index in [-0.39, 0.29) is 5.91 Å². The van der Waals surface area contributed by atoms with Crippen molar-refractivity contribution in [1.29, 1.82) is 0 Å². The third kappa shape index (κ3) is 4.12. The molecule has 0 aliphatic heterocycles. The summed E-state index contributed by atoms with van der Waals surface area (Å²) >= 11 is 0. The van der Waals surface area contributed by atoms with Gasteiger partial charge in [-0.3, -0.25) is 4.79 Å². The highest BCUT2D eigenvalue weighted by molar-refractivity contribution is 5.86. The standard InChI is InChI=1S/C17H25NO2/c1-6-11-20-17-14(12-18(5)16(19)7-2)9-8-10-15(17)13(3)4/h7-10,13H,2,6,11-12H2,1,3-5H3. The number of carbonyl (C=O) groups excluding carboxylic acids is 1. The van der Waals surface area contributed by atoms with Gasteiger partial charge in [0.25, 0.3) is 0 Å². The van der Waals surface area contributed by atoms with E-state index in [1.165, 1.54) is 11.6 Å². The first-order valence-corrected chi connectivity index (χ1v) is 7.13. The molecule has 0 N–H and O–H groups in total. The number of hydrogen-bond donors (Lipinski definition) is 0. The van der Waals surface area contributed by atoms with E-state index in [1.807, 2.05) is 12.1 Å². The molecule has 0 radical (unpaired) electrons. The molecule has 1 aromatic carbocycles. The molecule has 0 aliphatic carbocycles. The van der Waals surface area contributed by atoms with E-state index in [0.717, 1.165) is 17.7 Å². The molecule has 0 saturated carbocycles. The largest absolute Gasteiger partial charge is 0.493 e. The minimum absolute atomic E-state index is 0.0820. The second-order valence-corrected chi connectivity index (χ2v) is 5.24. The summed E-state index contributed by atoms with van der Waals surface area (Å²) < 4.78 is 5.93. The SMILES string of the molecule is C=CC(=O)N(C)Cc1cccc(C(C)C)c1OCCC. The zero-order valence-electron chi connectivity index (χ0n) is 13.0. The number of amides is 1. The van der Waals surface area contributed by atoms with Crippen LogP contribution in [0.15, 0.2) is 30.9 Å². The Kier molecular flexibility index (Phi) is 6.29. The van der Waals surface area contributed by atoms with Gasteiger partial charge in [-0.2, -0.15) is 0 Å².